The molecule has 74 valence electrons. The molecule has 1 aromatic rings. The number of rotatable bonds is 0. The predicted octanol–water partition coefficient (Wildman–Crippen LogP) is 4.23. The van der Waals surface area contributed by atoms with Crippen LogP contribution in [0.1, 0.15) is 44.7 Å². The van der Waals surface area contributed by atoms with Crippen LogP contribution >= 0.6 is 0 Å². The van der Waals surface area contributed by atoms with Crippen LogP contribution in [-0.4, -0.2) is 0 Å². The van der Waals surface area contributed by atoms with Crippen molar-refractivity contribution in [3.05, 3.63) is 41.5 Å². The van der Waals surface area contributed by atoms with Crippen molar-refractivity contribution in [3.63, 3.8) is 0 Å². The molecule has 0 aromatic heterocycles. The first-order chi connectivity index (χ1) is 6.50. The molecule has 0 heterocycles. The molecule has 1 aromatic carbocycles. The van der Waals surface area contributed by atoms with Crippen molar-refractivity contribution in [3.8, 4) is 0 Å². The second-order valence-corrected chi connectivity index (χ2v) is 5.21. The van der Waals surface area contributed by atoms with Crippen LogP contribution in [0.2, 0.25) is 0 Å². The van der Waals surface area contributed by atoms with E-state index in [0.29, 0.717) is 5.92 Å². The lowest BCUT2D eigenvalue weighted by molar-refractivity contribution is 0.567. The zero-order valence-electron chi connectivity index (χ0n) is 9.46. The highest BCUT2D eigenvalue weighted by atomic mass is 14.3. The maximum atomic E-state index is 2.41. The number of hydrogen-bond acceptors (Lipinski definition) is 0. The van der Waals surface area contributed by atoms with Gasteiger partial charge in [-0.15, -0.1) is 0 Å². The summed E-state index contributed by atoms with van der Waals surface area (Å²) in [5, 5.41) is 0. The third-order valence-corrected chi connectivity index (χ3v) is 2.97. The molecule has 0 saturated heterocycles. The zero-order chi connectivity index (χ0) is 10.3. The van der Waals surface area contributed by atoms with Crippen molar-refractivity contribution in [1.82, 2.24) is 0 Å². The lowest BCUT2D eigenvalue weighted by atomic mass is 9.83. The fourth-order valence-corrected chi connectivity index (χ4v) is 2.22. The van der Waals surface area contributed by atoms with E-state index in [1.54, 1.807) is 0 Å². The molecule has 0 heteroatoms. The van der Waals surface area contributed by atoms with Crippen LogP contribution in [0.15, 0.2) is 30.3 Å². The average molecular weight is 186 g/mol. The Morgan fingerprint density at radius 2 is 1.71 bits per heavy atom. The molecule has 14 heavy (non-hydrogen) atoms. The van der Waals surface area contributed by atoms with Crippen LogP contribution in [0.4, 0.5) is 0 Å². The van der Waals surface area contributed by atoms with Gasteiger partial charge >= 0.3 is 0 Å². The van der Waals surface area contributed by atoms with E-state index in [4.69, 9.17) is 0 Å². The Kier molecular flexibility index (Phi) is 2.02. The Labute approximate surface area is 86.7 Å². The van der Waals surface area contributed by atoms with E-state index in [-0.39, 0.29) is 5.41 Å². The summed E-state index contributed by atoms with van der Waals surface area (Å²) in [4.78, 5) is 0. The normalized spacial score (nSPS) is 20.6. The molecule has 2 rings (SSSR count). The first kappa shape index (κ1) is 9.51. The monoisotopic (exact) mass is 186 g/mol. The second-order valence-electron chi connectivity index (χ2n) is 5.21. The fourth-order valence-electron chi connectivity index (χ4n) is 2.22. The average Bonchev–Trinajstić information content (AvgIpc) is 2.44. The Morgan fingerprint density at radius 3 is 2.36 bits per heavy atom. The van der Waals surface area contributed by atoms with Gasteiger partial charge in [-0.2, -0.15) is 0 Å². The van der Waals surface area contributed by atoms with Crippen molar-refractivity contribution in [2.45, 2.75) is 33.6 Å². The summed E-state index contributed by atoms with van der Waals surface area (Å²) in [5.41, 5.74) is 4.70. The quantitative estimate of drug-likeness (QED) is 0.568. The standard InChI is InChI=1S/C14H18/c1-10-9-13(14(2,3)4)12-8-6-5-7-11(10)12/h5-10H,1-4H3. The minimum atomic E-state index is 0.265. The van der Waals surface area contributed by atoms with Gasteiger partial charge in [-0.3, -0.25) is 0 Å². The van der Waals surface area contributed by atoms with Crippen molar-refractivity contribution < 1.29 is 0 Å². The second kappa shape index (κ2) is 2.98. The van der Waals surface area contributed by atoms with E-state index in [9.17, 15) is 0 Å². The van der Waals surface area contributed by atoms with Gasteiger partial charge in [0.2, 0.25) is 0 Å². The SMILES string of the molecule is CC1C=C(C(C)(C)C)c2ccccc21. The van der Waals surface area contributed by atoms with Gasteiger partial charge in [-0.1, -0.05) is 58.0 Å². The molecule has 0 nitrogen and oxygen atoms in total. The number of fused-ring (bicyclic) bond motifs is 1. The van der Waals surface area contributed by atoms with Crippen LogP contribution in [0.5, 0.6) is 0 Å². The minimum absolute atomic E-state index is 0.265. The molecule has 0 fully saturated rings. The van der Waals surface area contributed by atoms with Gasteiger partial charge < -0.3 is 0 Å². The molecular formula is C14H18. The van der Waals surface area contributed by atoms with Gasteiger partial charge in [-0.05, 0) is 22.1 Å². The third-order valence-electron chi connectivity index (χ3n) is 2.97. The largest absolute Gasteiger partial charge is 0.0729 e. The van der Waals surface area contributed by atoms with Crippen LogP contribution in [0.3, 0.4) is 0 Å². The molecule has 1 unspecified atom stereocenters. The van der Waals surface area contributed by atoms with Crippen molar-refractivity contribution >= 4 is 5.57 Å². The van der Waals surface area contributed by atoms with Crippen LogP contribution in [-0.2, 0) is 0 Å². The lowest BCUT2D eigenvalue weighted by Gasteiger charge is -2.21. The van der Waals surface area contributed by atoms with Crippen molar-refractivity contribution in [2.24, 2.45) is 5.41 Å². The van der Waals surface area contributed by atoms with Gasteiger partial charge in [0.05, 0.1) is 0 Å². The highest BCUT2D eigenvalue weighted by molar-refractivity contribution is 5.77. The van der Waals surface area contributed by atoms with Gasteiger partial charge in [0.25, 0.3) is 0 Å². The first-order valence-corrected chi connectivity index (χ1v) is 5.32. The first-order valence-electron chi connectivity index (χ1n) is 5.32. The Balaban J connectivity index is 2.54. The molecule has 1 aliphatic carbocycles. The smallest absolute Gasteiger partial charge is 0.000184 e. The number of allylic oxidation sites excluding steroid dienone is 2. The maximum absolute atomic E-state index is 2.41. The molecule has 1 aliphatic rings. The topological polar surface area (TPSA) is 0 Å². The fraction of sp³-hybridized carbons (Fsp3) is 0.429. The van der Waals surface area contributed by atoms with Gasteiger partial charge in [0.15, 0.2) is 0 Å². The maximum Gasteiger partial charge on any atom is 0.000184 e. The highest BCUT2D eigenvalue weighted by Crippen LogP contribution is 2.44. The summed E-state index contributed by atoms with van der Waals surface area (Å²) in [5.74, 6) is 0.584. The number of hydrogen-bond donors (Lipinski definition) is 0. The van der Waals surface area contributed by atoms with Gasteiger partial charge in [0, 0.05) is 5.92 Å². The molecule has 0 bridgehead atoms. The summed E-state index contributed by atoms with van der Waals surface area (Å²) >= 11 is 0. The van der Waals surface area contributed by atoms with E-state index in [0.717, 1.165) is 0 Å². The molecule has 0 saturated carbocycles. The lowest BCUT2D eigenvalue weighted by Crippen LogP contribution is -2.06. The Hall–Kier alpha value is -1.04. The highest BCUT2D eigenvalue weighted by Gasteiger charge is 2.27. The van der Waals surface area contributed by atoms with Gasteiger partial charge in [0.1, 0.15) is 0 Å². The van der Waals surface area contributed by atoms with Crippen molar-refractivity contribution in [1.29, 1.82) is 0 Å². The molecule has 0 radical (unpaired) electrons. The molecule has 0 spiro atoms. The van der Waals surface area contributed by atoms with Crippen LogP contribution in [0.25, 0.3) is 5.57 Å². The van der Waals surface area contributed by atoms with E-state index in [1.807, 2.05) is 0 Å². The van der Waals surface area contributed by atoms with E-state index < -0.39 is 0 Å². The Bertz CT molecular complexity index is 377. The van der Waals surface area contributed by atoms with E-state index in [1.165, 1.54) is 16.7 Å². The summed E-state index contributed by atoms with van der Waals surface area (Å²) in [6.45, 7) is 9.13. The summed E-state index contributed by atoms with van der Waals surface area (Å²) in [6, 6.07) is 8.76. The Morgan fingerprint density at radius 1 is 1.07 bits per heavy atom. The summed E-state index contributed by atoms with van der Waals surface area (Å²) in [7, 11) is 0. The molecule has 0 N–H and O–H groups in total. The number of benzene rings is 1. The van der Waals surface area contributed by atoms with Crippen molar-refractivity contribution in [2.75, 3.05) is 0 Å². The van der Waals surface area contributed by atoms with E-state index in [2.05, 4.69) is 58.0 Å². The minimum Gasteiger partial charge on any atom is -0.0729 e. The summed E-state index contributed by atoms with van der Waals surface area (Å²) in [6.07, 6.45) is 2.41. The van der Waals surface area contributed by atoms with Gasteiger partial charge in [-0.25, -0.2) is 0 Å². The third kappa shape index (κ3) is 1.39. The molecule has 1 atom stereocenters. The van der Waals surface area contributed by atoms with Crippen LogP contribution in [0, 0.1) is 5.41 Å². The van der Waals surface area contributed by atoms with Crippen LogP contribution < -0.4 is 0 Å². The molecule has 0 amide bonds. The predicted molar refractivity (Wildman–Crippen MR) is 62.3 cm³/mol. The molecule has 0 aliphatic heterocycles. The summed E-state index contributed by atoms with van der Waals surface area (Å²) < 4.78 is 0. The molecular weight excluding hydrogens is 168 g/mol. The van der Waals surface area contributed by atoms with E-state index >= 15 is 0 Å². The zero-order valence-corrected chi connectivity index (χ0v) is 9.46.